The summed E-state index contributed by atoms with van der Waals surface area (Å²) in [6, 6.07) is 7.49. The van der Waals surface area contributed by atoms with Crippen LogP contribution in [0.3, 0.4) is 0 Å². The Morgan fingerprint density at radius 1 is 1.28 bits per heavy atom. The lowest BCUT2D eigenvalue weighted by molar-refractivity contribution is -0.111. The minimum atomic E-state index is -0.219. The Morgan fingerprint density at radius 3 is 2.80 bits per heavy atom. The summed E-state index contributed by atoms with van der Waals surface area (Å²) in [6.07, 6.45) is 9.30. The Morgan fingerprint density at radius 2 is 2.08 bits per heavy atom. The van der Waals surface area contributed by atoms with Crippen LogP contribution < -0.4 is 10.1 Å². The quantitative estimate of drug-likeness (QED) is 0.387. The second-order valence-electron chi connectivity index (χ2n) is 5.45. The molecule has 0 atom stereocenters. The average molecular weight is 357 g/mol. The lowest BCUT2D eigenvalue weighted by Crippen LogP contribution is -2.07. The van der Waals surface area contributed by atoms with E-state index < -0.39 is 0 Å². The molecular weight excluding hydrogens is 334 g/mol. The minimum Gasteiger partial charge on any atom is -0.490 e. The van der Waals surface area contributed by atoms with Crippen molar-refractivity contribution in [2.75, 3.05) is 11.9 Å². The largest absolute Gasteiger partial charge is 0.490 e. The number of aryl methyl sites for hydroxylation is 1. The number of hydrogen-bond acceptors (Lipinski definition) is 5. The maximum Gasteiger partial charge on any atom is 0.250 e. The first-order valence-electron chi connectivity index (χ1n) is 8.36. The van der Waals surface area contributed by atoms with E-state index in [1.807, 2.05) is 24.3 Å². The second kappa shape index (κ2) is 10.4. The van der Waals surface area contributed by atoms with E-state index in [9.17, 15) is 4.79 Å². The normalized spacial score (nSPS) is 10.8. The molecule has 0 radical (unpaired) electrons. The third kappa shape index (κ3) is 6.89. The number of hydrogen-bond donors (Lipinski definition) is 1. The summed E-state index contributed by atoms with van der Waals surface area (Å²) < 4.78 is 5.42. The van der Waals surface area contributed by atoms with Crippen molar-refractivity contribution in [1.82, 2.24) is 10.2 Å². The summed E-state index contributed by atoms with van der Waals surface area (Å²) >= 11 is 1.43. The number of nitrogens with zero attached hydrogens (tertiary/aromatic N) is 2. The number of carbonyl (C=O) groups excluding carboxylic acids is 1. The molecule has 0 aliphatic carbocycles. The van der Waals surface area contributed by atoms with E-state index in [1.54, 1.807) is 12.2 Å². The van der Waals surface area contributed by atoms with Crippen molar-refractivity contribution in [2.45, 2.75) is 32.6 Å². The van der Waals surface area contributed by atoms with E-state index in [-0.39, 0.29) is 5.91 Å². The molecule has 1 amide bonds. The van der Waals surface area contributed by atoms with Crippen LogP contribution in [0.5, 0.6) is 5.75 Å². The molecule has 1 aromatic heterocycles. The third-order valence-corrected chi connectivity index (χ3v) is 4.26. The number of anilines is 1. The number of unbranched alkanes of at least 4 members (excludes halogenated alkanes) is 2. The Balaban J connectivity index is 1.82. The fourth-order valence-electron chi connectivity index (χ4n) is 2.08. The molecule has 0 saturated carbocycles. The Hall–Kier alpha value is -2.47. The molecule has 0 aliphatic heterocycles. The maximum atomic E-state index is 12.0. The van der Waals surface area contributed by atoms with Crippen LogP contribution in [0.2, 0.25) is 0 Å². The highest BCUT2D eigenvalue weighted by Crippen LogP contribution is 2.18. The Bertz CT molecular complexity index is 708. The van der Waals surface area contributed by atoms with Gasteiger partial charge in [0.05, 0.1) is 0 Å². The molecule has 132 valence electrons. The van der Waals surface area contributed by atoms with Crippen LogP contribution in [0.25, 0.3) is 6.08 Å². The minimum absolute atomic E-state index is 0.219. The molecule has 2 rings (SSSR count). The lowest BCUT2D eigenvalue weighted by atomic mass is 10.2. The van der Waals surface area contributed by atoms with E-state index in [2.05, 4.69) is 29.0 Å². The van der Waals surface area contributed by atoms with Gasteiger partial charge in [-0.2, -0.15) is 0 Å². The summed E-state index contributed by atoms with van der Waals surface area (Å²) in [6.45, 7) is 6.25. The van der Waals surface area contributed by atoms with Crippen molar-refractivity contribution < 1.29 is 9.53 Å². The molecular formula is C19H23N3O2S. The van der Waals surface area contributed by atoms with Gasteiger partial charge in [-0.05, 0) is 30.2 Å². The molecule has 0 unspecified atom stereocenters. The number of rotatable bonds is 10. The van der Waals surface area contributed by atoms with Gasteiger partial charge in [-0.15, -0.1) is 10.2 Å². The monoisotopic (exact) mass is 357 g/mol. The van der Waals surface area contributed by atoms with Gasteiger partial charge in [-0.3, -0.25) is 10.1 Å². The molecule has 0 saturated heterocycles. The number of nitrogens with one attached hydrogen (secondary N) is 1. The maximum absolute atomic E-state index is 12.0. The van der Waals surface area contributed by atoms with Gasteiger partial charge in [0, 0.05) is 12.5 Å². The molecule has 0 spiro atoms. The van der Waals surface area contributed by atoms with Crippen molar-refractivity contribution in [2.24, 2.45) is 0 Å². The average Bonchev–Trinajstić information content (AvgIpc) is 3.06. The van der Waals surface area contributed by atoms with Crippen molar-refractivity contribution in [3.8, 4) is 5.75 Å². The fourth-order valence-corrected chi connectivity index (χ4v) is 2.87. The summed E-state index contributed by atoms with van der Waals surface area (Å²) in [7, 11) is 0. The summed E-state index contributed by atoms with van der Waals surface area (Å²) in [4.78, 5) is 12.0. The van der Waals surface area contributed by atoms with E-state index in [0.717, 1.165) is 29.2 Å². The van der Waals surface area contributed by atoms with E-state index >= 15 is 0 Å². The van der Waals surface area contributed by atoms with Gasteiger partial charge in [-0.1, -0.05) is 55.9 Å². The van der Waals surface area contributed by atoms with Crippen LogP contribution >= 0.6 is 11.3 Å². The predicted molar refractivity (Wildman–Crippen MR) is 103 cm³/mol. The van der Waals surface area contributed by atoms with Crippen LogP contribution in [-0.4, -0.2) is 22.7 Å². The van der Waals surface area contributed by atoms with Gasteiger partial charge in [0.25, 0.3) is 0 Å². The molecule has 0 fully saturated rings. The second-order valence-corrected chi connectivity index (χ2v) is 6.51. The zero-order chi connectivity index (χ0) is 17.9. The smallest absolute Gasteiger partial charge is 0.250 e. The summed E-state index contributed by atoms with van der Waals surface area (Å²) in [5.74, 6) is 0.550. The first-order chi connectivity index (χ1) is 12.2. The highest BCUT2D eigenvalue weighted by atomic mass is 32.1. The van der Waals surface area contributed by atoms with Gasteiger partial charge < -0.3 is 4.74 Å². The lowest BCUT2D eigenvalue weighted by Gasteiger charge is -2.02. The number of aromatic nitrogens is 2. The highest BCUT2D eigenvalue weighted by molar-refractivity contribution is 7.15. The van der Waals surface area contributed by atoms with Crippen LogP contribution in [0.1, 0.15) is 36.8 Å². The molecule has 2 aromatic rings. The van der Waals surface area contributed by atoms with Gasteiger partial charge in [-0.25, -0.2) is 0 Å². The third-order valence-electron chi connectivity index (χ3n) is 3.37. The standard InChI is InChI=1S/C19H23N3O2S/c1-3-5-6-7-18-21-22-19(25-18)20-17(23)13-10-15-8-11-16(12-9-15)24-14-4-2/h4,8-13H,2-3,5-7,14H2,1H3,(H,20,22,23)/b13-10+. The number of carbonyl (C=O) groups is 1. The SMILES string of the molecule is C=CCOc1ccc(/C=C/C(=O)Nc2nnc(CCCCC)s2)cc1. The molecule has 25 heavy (non-hydrogen) atoms. The van der Waals surface area contributed by atoms with Crippen LogP contribution in [0, 0.1) is 0 Å². The first-order valence-corrected chi connectivity index (χ1v) is 9.18. The van der Waals surface area contributed by atoms with Crippen molar-refractivity contribution in [3.05, 3.63) is 53.6 Å². The molecule has 1 aromatic carbocycles. The zero-order valence-electron chi connectivity index (χ0n) is 14.4. The number of benzene rings is 1. The molecule has 1 heterocycles. The first kappa shape index (κ1) is 18.9. The molecule has 0 bridgehead atoms. The zero-order valence-corrected chi connectivity index (χ0v) is 15.2. The van der Waals surface area contributed by atoms with Crippen LogP contribution in [0.15, 0.2) is 43.0 Å². The molecule has 6 heteroatoms. The molecule has 5 nitrogen and oxygen atoms in total. The van der Waals surface area contributed by atoms with Crippen molar-refractivity contribution >= 4 is 28.5 Å². The summed E-state index contributed by atoms with van der Waals surface area (Å²) in [5, 5.41) is 12.4. The number of ether oxygens (including phenoxy) is 1. The van der Waals surface area contributed by atoms with Gasteiger partial charge >= 0.3 is 0 Å². The Kier molecular flexibility index (Phi) is 7.85. The van der Waals surface area contributed by atoms with E-state index in [4.69, 9.17) is 4.74 Å². The summed E-state index contributed by atoms with van der Waals surface area (Å²) in [5.41, 5.74) is 0.915. The van der Waals surface area contributed by atoms with Gasteiger partial charge in [0.1, 0.15) is 17.4 Å². The van der Waals surface area contributed by atoms with Crippen molar-refractivity contribution in [3.63, 3.8) is 0 Å². The Labute approximate surface area is 152 Å². The fraction of sp³-hybridized carbons (Fsp3) is 0.316. The van der Waals surface area contributed by atoms with Crippen LogP contribution in [-0.2, 0) is 11.2 Å². The predicted octanol–water partition coefficient (Wildman–Crippen LogP) is 4.49. The van der Waals surface area contributed by atoms with E-state index in [1.165, 1.54) is 30.3 Å². The van der Waals surface area contributed by atoms with Crippen molar-refractivity contribution in [1.29, 1.82) is 0 Å². The molecule has 1 N–H and O–H groups in total. The topological polar surface area (TPSA) is 64.1 Å². The van der Waals surface area contributed by atoms with Gasteiger partial charge in [0.2, 0.25) is 11.0 Å². The van der Waals surface area contributed by atoms with Gasteiger partial charge in [0.15, 0.2) is 0 Å². The number of amides is 1. The molecule has 0 aliphatic rings. The van der Waals surface area contributed by atoms with E-state index in [0.29, 0.717) is 11.7 Å². The van der Waals surface area contributed by atoms with Crippen LogP contribution in [0.4, 0.5) is 5.13 Å². The highest BCUT2D eigenvalue weighted by Gasteiger charge is 2.06.